The highest BCUT2D eigenvalue weighted by Crippen LogP contribution is 2.84. The first-order valence-corrected chi connectivity index (χ1v) is 18.5. The lowest BCUT2D eigenvalue weighted by Crippen LogP contribution is -2.72. The Morgan fingerprint density at radius 1 is 0.463 bits per heavy atom. The van der Waals surface area contributed by atoms with Crippen LogP contribution in [-0.2, 0) is 4.74 Å². The van der Waals surface area contributed by atoms with Crippen LogP contribution in [0.25, 0.3) is 0 Å². The van der Waals surface area contributed by atoms with Gasteiger partial charge in [0.25, 0.3) is 0 Å². The largest absolute Gasteiger partial charge is 0.374 e. The van der Waals surface area contributed by atoms with Gasteiger partial charge in [-0.05, 0) is 155 Å². The second kappa shape index (κ2) is 7.66. The molecule has 10 fully saturated rings. The Balaban J connectivity index is 1.09. The van der Waals surface area contributed by atoms with E-state index >= 15 is 0 Å². The molecule has 0 N–H and O–H groups in total. The Labute approximate surface area is 254 Å². The summed E-state index contributed by atoms with van der Waals surface area (Å²) in [5.41, 5.74) is 3.90. The van der Waals surface area contributed by atoms with Gasteiger partial charge < -0.3 is 4.74 Å². The van der Waals surface area contributed by atoms with Crippen LogP contribution in [0, 0.1) is 90.7 Å². The van der Waals surface area contributed by atoms with Crippen LogP contribution < -0.4 is 0 Å². The lowest BCUT2D eigenvalue weighted by atomic mass is 9.30. The summed E-state index contributed by atoms with van der Waals surface area (Å²) in [4.78, 5) is 0. The van der Waals surface area contributed by atoms with E-state index in [-0.39, 0.29) is 0 Å². The number of hydrogen-bond donors (Lipinski definition) is 0. The fourth-order valence-corrected chi connectivity index (χ4v) is 16.6. The smallest absolute Gasteiger partial charge is 0.0613 e. The van der Waals surface area contributed by atoms with Crippen molar-refractivity contribution in [1.82, 2.24) is 0 Å². The van der Waals surface area contributed by atoms with Crippen molar-refractivity contribution in [1.29, 1.82) is 0 Å². The molecule has 14 atom stereocenters. The van der Waals surface area contributed by atoms with Gasteiger partial charge >= 0.3 is 0 Å². The van der Waals surface area contributed by atoms with E-state index in [1.165, 1.54) is 64.2 Å². The third kappa shape index (κ3) is 2.70. The van der Waals surface area contributed by atoms with Gasteiger partial charge in [-0.25, -0.2) is 0 Å². The monoisotopic (exact) mass is 563 g/mol. The predicted octanol–water partition coefficient (Wildman–Crippen LogP) is 10.8. The zero-order valence-corrected chi connectivity index (χ0v) is 29.3. The average Bonchev–Trinajstić information content (AvgIpc) is 3.42. The van der Waals surface area contributed by atoms with E-state index in [4.69, 9.17) is 4.74 Å². The van der Waals surface area contributed by atoms with Crippen LogP contribution in [0.15, 0.2) is 0 Å². The van der Waals surface area contributed by atoms with E-state index in [2.05, 4.69) is 83.1 Å². The van der Waals surface area contributed by atoms with E-state index < -0.39 is 0 Å². The van der Waals surface area contributed by atoms with Gasteiger partial charge in [0.05, 0.1) is 12.2 Å². The molecule has 0 radical (unpaired) electrons. The number of fused-ring (bicyclic) bond motifs is 8. The van der Waals surface area contributed by atoms with Gasteiger partial charge in [-0.1, -0.05) is 83.1 Å². The molecule has 14 unspecified atom stereocenters. The molecule has 0 aliphatic heterocycles. The molecule has 10 saturated carbocycles. The van der Waals surface area contributed by atoms with Gasteiger partial charge in [-0.15, -0.1) is 0 Å². The number of ether oxygens (including phenoxy) is 1. The summed E-state index contributed by atoms with van der Waals surface area (Å²) in [6.45, 7) is 32.1. The molecule has 0 spiro atoms. The van der Waals surface area contributed by atoms with E-state index in [0.717, 1.165) is 35.5 Å². The van der Waals surface area contributed by atoms with E-state index in [1.807, 2.05) is 0 Å². The highest BCUT2D eigenvalue weighted by molar-refractivity contribution is 5.27. The molecule has 1 heteroatoms. The van der Waals surface area contributed by atoms with Crippen LogP contribution in [0.1, 0.15) is 147 Å². The molecule has 0 amide bonds. The Hall–Kier alpha value is -0.0400. The first-order chi connectivity index (χ1) is 18.8. The quantitative estimate of drug-likeness (QED) is 0.331. The molecular formula is C40H66O. The van der Waals surface area contributed by atoms with Crippen molar-refractivity contribution in [3.63, 3.8) is 0 Å². The maximum absolute atomic E-state index is 7.64. The summed E-state index contributed by atoms with van der Waals surface area (Å²) in [6, 6.07) is 0. The lowest BCUT2D eigenvalue weighted by Gasteiger charge is -2.76. The highest BCUT2D eigenvalue weighted by Gasteiger charge is 2.78. The molecule has 0 aromatic rings. The molecule has 0 aromatic carbocycles. The molecule has 0 saturated heterocycles. The van der Waals surface area contributed by atoms with Crippen LogP contribution in [0.2, 0.25) is 0 Å². The highest BCUT2D eigenvalue weighted by atomic mass is 16.5. The zero-order chi connectivity index (χ0) is 29.6. The van der Waals surface area contributed by atoms with Gasteiger partial charge in [0.1, 0.15) is 0 Å². The first-order valence-electron chi connectivity index (χ1n) is 18.5. The molecule has 8 bridgehead atoms. The summed E-state index contributed by atoms with van der Waals surface area (Å²) in [5.74, 6) is 6.74. The maximum Gasteiger partial charge on any atom is 0.0613 e. The number of hydrogen-bond acceptors (Lipinski definition) is 1. The van der Waals surface area contributed by atoms with Crippen LogP contribution in [0.4, 0.5) is 0 Å². The molecule has 41 heavy (non-hydrogen) atoms. The topological polar surface area (TPSA) is 9.23 Å². The SMILES string of the molecule is CC1C(OC2CC3CC(C4CC5CCC4(C)C5(C)C)(C2C)C3(C)C)CC2CC1(C1CC3CCC1(C)C3(C)C)C2(C)C. The third-order valence-electron chi connectivity index (χ3n) is 20.6. The van der Waals surface area contributed by atoms with Gasteiger partial charge in [0.15, 0.2) is 0 Å². The summed E-state index contributed by atoms with van der Waals surface area (Å²) < 4.78 is 7.64. The van der Waals surface area contributed by atoms with E-state index in [1.54, 1.807) is 0 Å². The molecule has 10 aliphatic rings. The van der Waals surface area contributed by atoms with Crippen LogP contribution in [0.5, 0.6) is 0 Å². The minimum absolute atomic E-state index is 0.466. The van der Waals surface area contributed by atoms with Crippen molar-refractivity contribution in [2.24, 2.45) is 90.7 Å². The van der Waals surface area contributed by atoms with Gasteiger partial charge in [0, 0.05) is 0 Å². The number of rotatable bonds is 4. The van der Waals surface area contributed by atoms with Crippen LogP contribution >= 0.6 is 0 Å². The lowest BCUT2D eigenvalue weighted by molar-refractivity contribution is -0.322. The van der Waals surface area contributed by atoms with Crippen molar-refractivity contribution < 1.29 is 4.74 Å². The van der Waals surface area contributed by atoms with Crippen molar-refractivity contribution in [2.75, 3.05) is 0 Å². The normalized spacial score (nSPS) is 61.5. The van der Waals surface area contributed by atoms with Gasteiger partial charge in [-0.3, -0.25) is 0 Å². The molecule has 10 rings (SSSR count). The fourth-order valence-electron chi connectivity index (χ4n) is 16.6. The van der Waals surface area contributed by atoms with Crippen LogP contribution in [0.3, 0.4) is 0 Å². The summed E-state index contributed by atoms with van der Waals surface area (Å²) in [7, 11) is 0. The maximum atomic E-state index is 7.64. The van der Waals surface area contributed by atoms with Crippen molar-refractivity contribution in [2.45, 2.75) is 160 Å². The first kappa shape index (κ1) is 28.4. The third-order valence-corrected chi connectivity index (χ3v) is 20.6. The van der Waals surface area contributed by atoms with Crippen LogP contribution in [-0.4, -0.2) is 12.2 Å². The van der Waals surface area contributed by atoms with Crippen molar-refractivity contribution >= 4 is 0 Å². The van der Waals surface area contributed by atoms with Crippen molar-refractivity contribution in [3.05, 3.63) is 0 Å². The fraction of sp³-hybridized carbons (Fsp3) is 1.00. The van der Waals surface area contributed by atoms with E-state index in [0.29, 0.717) is 67.4 Å². The summed E-state index contributed by atoms with van der Waals surface area (Å²) >= 11 is 0. The zero-order valence-electron chi connectivity index (χ0n) is 29.3. The average molecular weight is 563 g/mol. The Bertz CT molecular complexity index is 1060. The molecule has 0 heterocycles. The summed E-state index contributed by atoms with van der Waals surface area (Å²) in [5, 5.41) is 0. The minimum Gasteiger partial charge on any atom is -0.374 e. The predicted molar refractivity (Wildman–Crippen MR) is 170 cm³/mol. The molecular weight excluding hydrogens is 496 g/mol. The molecule has 232 valence electrons. The van der Waals surface area contributed by atoms with E-state index in [9.17, 15) is 0 Å². The molecule has 0 aromatic heterocycles. The summed E-state index contributed by atoms with van der Waals surface area (Å²) in [6.07, 6.45) is 15.4. The Morgan fingerprint density at radius 2 is 0.829 bits per heavy atom. The van der Waals surface area contributed by atoms with Gasteiger partial charge in [-0.2, -0.15) is 0 Å². The van der Waals surface area contributed by atoms with Gasteiger partial charge in [0.2, 0.25) is 0 Å². The standard InChI is InChI=1S/C40H66O/c1-23-29(17-27-21-39(23,35(27,7)8)31-19-25-13-15-37(31,11)33(25,3)4)41-30-18-28-22-40(24(30)2,36(28,9)10)32-20-26-14-16-38(32,12)34(26,5)6/h23-32H,13-22H2,1-12H3. The molecule has 10 aliphatic carbocycles. The van der Waals surface area contributed by atoms with Crippen molar-refractivity contribution in [3.8, 4) is 0 Å². The second-order valence-corrected chi connectivity index (χ2v) is 20.9. The Kier molecular flexibility index (Phi) is 5.32. The Morgan fingerprint density at radius 3 is 1.10 bits per heavy atom. The minimum atomic E-state index is 0.466. The molecule has 1 nitrogen and oxygen atoms in total. The second-order valence-electron chi connectivity index (χ2n) is 20.9.